The zero-order valence-electron chi connectivity index (χ0n) is 18.0. The van der Waals surface area contributed by atoms with Crippen LogP contribution in [0.5, 0.6) is 5.75 Å². The van der Waals surface area contributed by atoms with E-state index in [2.05, 4.69) is 41.9 Å². The number of para-hydroxylation sites is 1. The van der Waals surface area contributed by atoms with E-state index in [1.165, 1.54) is 22.3 Å². The number of esters is 1. The second-order valence-corrected chi connectivity index (χ2v) is 7.68. The lowest BCUT2D eigenvalue weighted by molar-refractivity contribution is 0.0267. The fraction of sp³-hybridized carbons (Fsp3) is 0.400. The van der Waals surface area contributed by atoms with Crippen molar-refractivity contribution in [3.05, 3.63) is 59.3 Å². The number of carbonyl (C=O) groups excluding carboxylic acids is 1. The van der Waals surface area contributed by atoms with Gasteiger partial charge in [0.25, 0.3) is 0 Å². The van der Waals surface area contributed by atoms with E-state index < -0.39 is 0 Å². The maximum atomic E-state index is 12.8. The average molecular weight is 407 g/mol. The molecule has 1 N–H and O–H groups in total. The van der Waals surface area contributed by atoms with Gasteiger partial charge in [0.1, 0.15) is 17.4 Å². The number of fused-ring (bicyclic) bond motifs is 3. The molecular formula is C25H30N2O3. The number of aromatic amines is 1. The minimum atomic E-state index is -0.309. The number of rotatable bonds is 7. The Morgan fingerprint density at radius 3 is 2.70 bits per heavy atom. The van der Waals surface area contributed by atoms with Crippen molar-refractivity contribution < 1.29 is 14.3 Å². The van der Waals surface area contributed by atoms with Crippen molar-refractivity contribution in [3.63, 3.8) is 0 Å². The first-order chi connectivity index (χ1) is 14.6. The molecular weight excluding hydrogens is 376 g/mol. The number of benzene rings is 2. The van der Waals surface area contributed by atoms with Gasteiger partial charge in [-0.1, -0.05) is 12.1 Å². The normalized spacial score (nSPS) is 15.6. The summed E-state index contributed by atoms with van der Waals surface area (Å²) in [5, 5.41) is 1.24. The second-order valence-electron chi connectivity index (χ2n) is 7.68. The number of aromatic nitrogens is 1. The van der Waals surface area contributed by atoms with E-state index in [4.69, 9.17) is 9.47 Å². The fourth-order valence-electron chi connectivity index (χ4n) is 4.39. The van der Waals surface area contributed by atoms with Crippen LogP contribution in [0.4, 0.5) is 5.69 Å². The summed E-state index contributed by atoms with van der Waals surface area (Å²) in [6, 6.07) is 13.9. The molecule has 3 aromatic rings. The molecule has 5 heteroatoms. The topological polar surface area (TPSA) is 54.6 Å². The lowest BCUT2D eigenvalue weighted by Crippen LogP contribution is -2.25. The molecule has 1 unspecified atom stereocenters. The van der Waals surface area contributed by atoms with Crippen molar-refractivity contribution in [1.82, 2.24) is 4.98 Å². The molecule has 30 heavy (non-hydrogen) atoms. The molecule has 1 aliphatic rings. The summed E-state index contributed by atoms with van der Waals surface area (Å²) in [5.41, 5.74) is 5.43. The van der Waals surface area contributed by atoms with Crippen LogP contribution in [-0.2, 0) is 17.6 Å². The van der Waals surface area contributed by atoms with Gasteiger partial charge in [0, 0.05) is 41.8 Å². The molecule has 0 radical (unpaired) electrons. The Labute approximate surface area is 178 Å². The predicted octanol–water partition coefficient (Wildman–Crippen LogP) is 5.13. The summed E-state index contributed by atoms with van der Waals surface area (Å²) in [6.07, 6.45) is 2.32. The third-order valence-electron chi connectivity index (χ3n) is 5.94. The monoisotopic (exact) mass is 406 g/mol. The molecule has 0 bridgehead atoms. The van der Waals surface area contributed by atoms with Gasteiger partial charge in [0.2, 0.25) is 0 Å². The van der Waals surface area contributed by atoms with E-state index in [1.807, 2.05) is 25.1 Å². The second kappa shape index (κ2) is 8.82. The van der Waals surface area contributed by atoms with Gasteiger partial charge in [0.15, 0.2) is 0 Å². The first-order valence-corrected chi connectivity index (χ1v) is 11.0. The highest BCUT2D eigenvalue weighted by atomic mass is 16.5. The molecule has 2 aromatic carbocycles. The van der Waals surface area contributed by atoms with Gasteiger partial charge in [-0.3, -0.25) is 0 Å². The minimum absolute atomic E-state index is 0.129. The molecule has 158 valence electrons. The van der Waals surface area contributed by atoms with Crippen LogP contribution in [-0.4, -0.2) is 36.8 Å². The third kappa shape index (κ3) is 3.89. The fourth-order valence-corrected chi connectivity index (χ4v) is 4.39. The number of ether oxygens (including phenoxy) is 2. The number of anilines is 1. The standard InChI is InChI=1S/C25H30N2O3/c1-4-27(5-2)17-11-13-22-20(15-17)21-16-18(12-14-23(21)26-22)30-25(28)19-9-7-8-10-24(19)29-6-3/h7-11,13,15,18,26H,4-6,12,14,16H2,1-3H3. The average Bonchev–Trinajstić information content (AvgIpc) is 3.13. The van der Waals surface area contributed by atoms with Crippen LogP contribution < -0.4 is 9.64 Å². The molecule has 1 atom stereocenters. The number of hydrogen-bond acceptors (Lipinski definition) is 4. The van der Waals surface area contributed by atoms with Gasteiger partial charge >= 0.3 is 5.97 Å². The Balaban J connectivity index is 1.56. The molecule has 5 nitrogen and oxygen atoms in total. The Kier molecular flexibility index (Phi) is 5.98. The Morgan fingerprint density at radius 2 is 1.93 bits per heavy atom. The van der Waals surface area contributed by atoms with E-state index in [1.54, 1.807) is 6.07 Å². The van der Waals surface area contributed by atoms with Crippen molar-refractivity contribution >= 4 is 22.6 Å². The van der Waals surface area contributed by atoms with E-state index in [-0.39, 0.29) is 12.1 Å². The van der Waals surface area contributed by atoms with Crippen molar-refractivity contribution in [2.75, 3.05) is 24.6 Å². The number of nitrogens with zero attached hydrogens (tertiary/aromatic N) is 1. The van der Waals surface area contributed by atoms with Gasteiger partial charge < -0.3 is 19.4 Å². The first-order valence-electron chi connectivity index (χ1n) is 11.0. The highest BCUT2D eigenvalue weighted by Gasteiger charge is 2.26. The smallest absolute Gasteiger partial charge is 0.342 e. The summed E-state index contributed by atoms with van der Waals surface area (Å²) in [7, 11) is 0. The van der Waals surface area contributed by atoms with Crippen LogP contribution in [0.1, 0.15) is 48.8 Å². The zero-order chi connectivity index (χ0) is 21.1. The number of nitrogens with one attached hydrogen (secondary N) is 1. The number of carbonyl (C=O) groups is 1. The molecule has 1 heterocycles. The largest absolute Gasteiger partial charge is 0.493 e. The van der Waals surface area contributed by atoms with Gasteiger partial charge in [-0.15, -0.1) is 0 Å². The molecule has 1 aromatic heterocycles. The van der Waals surface area contributed by atoms with E-state index in [0.717, 1.165) is 37.9 Å². The Hall–Kier alpha value is -2.95. The van der Waals surface area contributed by atoms with Crippen molar-refractivity contribution in [3.8, 4) is 5.75 Å². The lowest BCUT2D eigenvalue weighted by Gasteiger charge is -2.24. The van der Waals surface area contributed by atoms with Gasteiger partial charge in [-0.25, -0.2) is 4.79 Å². The molecule has 0 spiro atoms. The van der Waals surface area contributed by atoms with Crippen LogP contribution in [0.3, 0.4) is 0 Å². The maximum Gasteiger partial charge on any atom is 0.342 e. The van der Waals surface area contributed by atoms with Gasteiger partial charge in [-0.2, -0.15) is 0 Å². The zero-order valence-corrected chi connectivity index (χ0v) is 18.0. The Bertz CT molecular complexity index is 1040. The maximum absolute atomic E-state index is 12.8. The molecule has 1 aliphatic carbocycles. The first kappa shape index (κ1) is 20.3. The highest BCUT2D eigenvalue weighted by Crippen LogP contribution is 2.33. The summed E-state index contributed by atoms with van der Waals surface area (Å²) in [6.45, 7) is 8.74. The van der Waals surface area contributed by atoms with Crippen LogP contribution >= 0.6 is 0 Å². The van der Waals surface area contributed by atoms with Gasteiger partial charge in [-0.05, 0) is 69.5 Å². The summed E-state index contributed by atoms with van der Waals surface area (Å²) >= 11 is 0. The van der Waals surface area contributed by atoms with Crippen LogP contribution in [0.15, 0.2) is 42.5 Å². The van der Waals surface area contributed by atoms with E-state index >= 15 is 0 Å². The molecule has 0 aliphatic heterocycles. The van der Waals surface area contributed by atoms with Crippen molar-refractivity contribution in [2.24, 2.45) is 0 Å². The number of hydrogen-bond donors (Lipinski definition) is 1. The van der Waals surface area contributed by atoms with Crippen molar-refractivity contribution in [2.45, 2.75) is 46.1 Å². The van der Waals surface area contributed by atoms with E-state index in [0.29, 0.717) is 17.9 Å². The molecule has 4 rings (SSSR count). The van der Waals surface area contributed by atoms with Crippen molar-refractivity contribution in [1.29, 1.82) is 0 Å². The van der Waals surface area contributed by atoms with E-state index in [9.17, 15) is 4.79 Å². The number of H-pyrrole nitrogens is 1. The molecule has 0 amide bonds. The third-order valence-corrected chi connectivity index (χ3v) is 5.94. The molecule has 0 saturated heterocycles. The van der Waals surface area contributed by atoms with Crippen LogP contribution in [0.2, 0.25) is 0 Å². The van der Waals surface area contributed by atoms with Gasteiger partial charge in [0.05, 0.1) is 6.61 Å². The quantitative estimate of drug-likeness (QED) is 0.553. The minimum Gasteiger partial charge on any atom is -0.493 e. The molecule has 0 saturated carbocycles. The summed E-state index contributed by atoms with van der Waals surface area (Å²) in [5.74, 6) is 0.272. The van der Waals surface area contributed by atoms with Crippen LogP contribution in [0.25, 0.3) is 10.9 Å². The predicted molar refractivity (Wildman–Crippen MR) is 121 cm³/mol. The Morgan fingerprint density at radius 1 is 1.13 bits per heavy atom. The molecule has 0 fully saturated rings. The lowest BCUT2D eigenvalue weighted by atomic mass is 9.93. The summed E-state index contributed by atoms with van der Waals surface area (Å²) in [4.78, 5) is 18.7. The highest BCUT2D eigenvalue weighted by molar-refractivity contribution is 5.93. The number of aryl methyl sites for hydroxylation is 1. The SMILES string of the molecule is CCOc1ccccc1C(=O)OC1CCc2[nH]c3ccc(N(CC)CC)cc3c2C1. The van der Waals surface area contributed by atoms with Crippen LogP contribution in [0, 0.1) is 0 Å². The summed E-state index contributed by atoms with van der Waals surface area (Å²) < 4.78 is 11.5.